The van der Waals surface area contributed by atoms with Gasteiger partial charge in [0.2, 0.25) is 0 Å². The molecule has 0 saturated carbocycles. The number of furan rings is 1. The third-order valence-corrected chi connectivity index (χ3v) is 3.10. The van der Waals surface area contributed by atoms with Crippen LogP contribution < -0.4 is 0 Å². The molecule has 0 spiro atoms. The molecule has 5 heteroatoms. The van der Waals surface area contributed by atoms with Crippen LogP contribution in [0, 0.1) is 0 Å². The molecule has 16 heavy (non-hydrogen) atoms. The summed E-state index contributed by atoms with van der Waals surface area (Å²) in [5.41, 5.74) is 0.577. The lowest BCUT2D eigenvalue weighted by Crippen LogP contribution is -2.50. The lowest BCUT2D eigenvalue weighted by molar-refractivity contribution is -0.0387. The molecular formula is C11H14BrNO3. The Kier molecular flexibility index (Phi) is 3.35. The van der Waals surface area contributed by atoms with Gasteiger partial charge in [-0.05, 0) is 29.8 Å². The summed E-state index contributed by atoms with van der Waals surface area (Å²) in [6.07, 6.45) is 1.56. The maximum absolute atomic E-state index is 12.2. The van der Waals surface area contributed by atoms with Crippen molar-refractivity contribution in [3.8, 4) is 0 Å². The minimum atomic E-state index is -0.00269. The molecule has 1 saturated heterocycles. The summed E-state index contributed by atoms with van der Waals surface area (Å²) in [5, 5.41) is 0. The Morgan fingerprint density at radius 3 is 2.94 bits per heavy atom. The summed E-state index contributed by atoms with van der Waals surface area (Å²) in [7, 11) is 0. The van der Waals surface area contributed by atoms with Gasteiger partial charge in [0.25, 0.3) is 5.91 Å². The highest BCUT2D eigenvalue weighted by atomic mass is 79.9. The van der Waals surface area contributed by atoms with Gasteiger partial charge in [-0.25, -0.2) is 0 Å². The zero-order chi connectivity index (χ0) is 11.7. The molecule has 0 aliphatic carbocycles. The maximum atomic E-state index is 12.2. The number of ether oxygens (including phenoxy) is 1. The number of hydrogen-bond acceptors (Lipinski definition) is 3. The summed E-state index contributed by atoms with van der Waals surface area (Å²) in [5.74, 6) is -0.00269. The van der Waals surface area contributed by atoms with Crippen LogP contribution in [-0.2, 0) is 4.74 Å². The van der Waals surface area contributed by atoms with E-state index in [0.29, 0.717) is 23.4 Å². The van der Waals surface area contributed by atoms with Crippen LogP contribution in [0.4, 0.5) is 0 Å². The number of morpholine rings is 1. The van der Waals surface area contributed by atoms with E-state index in [0.717, 1.165) is 0 Å². The second-order valence-corrected chi connectivity index (χ2v) is 4.87. The van der Waals surface area contributed by atoms with Crippen LogP contribution in [0.2, 0.25) is 0 Å². The molecule has 2 heterocycles. The van der Waals surface area contributed by atoms with E-state index >= 15 is 0 Å². The number of halogens is 1. The molecular weight excluding hydrogens is 274 g/mol. The average Bonchev–Trinajstić information content (AvgIpc) is 2.67. The Morgan fingerprint density at radius 1 is 1.56 bits per heavy atom. The molecule has 1 aromatic heterocycles. The quantitative estimate of drug-likeness (QED) is 0.796. The van der Waals surface area contributed by atoms with Gasteiger partial charge >= 0.3 is 0 Å². The normalized spacial score (nSPS) is 25.8. The van der Waals surface area contributed by atoms with E-state index < -0.39 is 0 Å². The second kappa shape index (κ2) is 4.59. The van der Waals surface area contributed by atoms with E-state index in [-0.39, 0.29) is 18.1 Å². The van der Waals surface area contributed by atoms with Crippen molar-refractivity contribution in [2.24, 2.45) is 0 Å². The van der Waals surface area contributed by atoms with Crippen LogP contribution in [0.5, 0.6) is 0 Å². The predicted molar refractivity (Wildman–Crippen MR) is 62.3 cm³/mol. The van der Waals surface area contributed by atoms with Crippen molar-refractivity contribution in [3.63, 3.8) is 0 Å². The van der Waals surface area contributed by atoms with Gasteiger partial charge in [0.1, 0.15) is 6.26 Å². The highest BCUT2D eigenvalue weighted by Gasteiger charge is 2.28. The van der Waals surface area contributed by atoms with E-state index in [2.05, 4.69) is 15.9 Å². The summed E-state index contributed by atoms with van der Waals surface area (Å²) < 4.78 is 11.1. The average molecular weight is 288 g/mol. The molecule has 4 nitrogen and oxygen atoms in total. The monoisotopic (exact) mass is 287 g/mol. The minimum Gasteiger partial charge on any atom is -0.457 e. The van der Waals surface area contributed by atoms with Crippen LogP contribution in [-0.4, -0.2) is 36.1 Å². The lowest BCUT2D eigenvalue weighted by Gasteiger charge is -2.36. The van der Waals surface area contributed by atoms with Crippen LogP contribution in [0.1, 0.15) is 24.2 Å². The van der Waals surface area contributed by atoms with Gasteiger partial charge in [-0.2, -0.15) is 0 Å². The fourth-order valence-corrected chi connectivity index (χ4v) is 2.11. The molecule has 2 atom stereocenters. The summed E-state index contributed by atoms with van der Waals surface area (Å²) in [6, 6.07) is 1.80. The Morgan fingerprint density at radius 2 is 2.31 bits per heavy atom. The minimum absolute atomic E-state index is 0.00269. The predicted octanol–water partition coefficient (Wildman–Crippen LogP) is 2.29. The van der Waals surface area contributed by atoms with Crippen molar-refractivity contribution in [2.45, 2.75) is 26.0 Å². The first-order valence-corrected chi connectivity index (χ1v) is 6.04. The molecule has 0 aromatic carbocycles. The number of rotatable bonds is 1. The van der Waals surface area contributed by atoms with Crippen LogP contribution in [0.3, 0.4) is 0 Å². The van der Waals surface area contributed by atoms with Gasteiger partial charge in [0.15, 0.2) is 4.67 Å². The fourth-order valence-electron chi connectivity index (χ4n) is 1.77. The SMILES string of the molecule is C[C@H]1CN(C(=O)c2coc(Br)c2)[C@@H](C)CO1. The number of carbonyl (C=O) groups excluding carboxylic acids is 1. The first-order valence-electron chi connectivity index (χ1n) is 5.24. The summed E-state index contributed by atoms with van der Waals surface area (Å²) >= 11 is 3.19. The highest BCUT2D eigenvalue weighted by molar-refractivity contribution is 9.10. The molecule has 1 amide bonds. The van der Waals surface area contributed by atoms with Crippen molar-refractivity contribution < 1.29 is 13.9 Å². The lowest BCUT2D eigenvalue weighted by atomic mass is 10.1. The first kappa shape index (κ1) is 11.7. The molecule has 0 N–H and O–H groups in total. The zero-order valence-corrected chi connectivity index (χ0v) is 10.9. The highest BCUT2D eigenvalue weighted by Crippen LogP contribution is 2.19. The Bertz CT molecular complexity index is 390. The Balaban J connectivity index is 2.14. The summed E-state index contributed by atoms with van der Waals surface area (Å²) in [6.45, 7) is 5.17. The standard InChI is InChI=1S/C11H14BrNO3/c1-7-5-15-8(2)4-13(7)11(14)9-3-10(12)16-6-9/h3,6-8H,4-5H2,1-2H3/t7-,8-/m0/s1. The van der Waals surface area contributed by atoms with Crippen molar-refractivity contribution >= 4 is 21.8 Å². The molecule has 0 radical (unpaired) electrons. The van der Waals surface area contributed by atoms with E-state index in [1.807, 2.05) is 18.7 Å². The van der Waals surface area contributed by atoms with Gasteiger partial charge in [0.05, 0.1) is 24.3 Å². The zero-order valence-electron chi connectivity index (χ0n) is 9.27. The van der Waals surface area contributed by atoms with E-state index in [9.17, 15) is 4.79 Å². The molecule has 1 aliphatic rings. The van der Waals surface area contributed by atoms with Crippen molar-refractivity contribution in [1.82, 2.24) is 4.90 Å². The molecule has 0 bridgehead atoms. The van der Waals surface area contributed by atoms with E-state index in [1.165, 1.54) is 6.26 Å². The molecule has 1 aliphatic heterocycles. The van der Waals surface area contributed by atoms with Crippen LogP contribution >= 0.6 is 15.9 Å². The summed E-state index contributed by atoms with van der Waals surface area (Å²) in [4.78, 5) is 14.0. The van der Waals surface area contributed by atoms with Gasteiger partial charge < -0.3 is 14.1 Å². The number of hydrogen-bond donors (Lipinski definition) is 0. The second-order valence-electron chi connectivity index (χ2n) is 4.09. The first-order chi connectivity index (χ1) is 7.58. The third-order valence-electron chi connectivity index (χ3n) is 2.68. The number of carbonyl (C=O) groups is 1. The van der Waals surface area contributed by atoms with Gasteiger partial charge in [-0.3, -0.25) is 4.79 Å². The van der Waals surface area contributed by atoms with Gasteiger partial charge in [-0.15, -0.1) is 0 Å². The Labute approximate surface area is 103 Å². The van der Waals surface area contributed by atoms with E-state index in [4.69, 9.17) is 9.15 Å². The maximum Gasteiger partial charge on any atom is 0.257 e. The smallest absolute Gasteiger partial charge is 0.257 e. The number of nitrogens with zero attached hydrogens (tertiary/aromatic N) is 1. The Hall–Kier alpha value is -0.810. The number of amides is 1. The van der Waals surface area contributed by atoms with Crippen LogP contribution in [0.15, 0.2) is 21.4 Å². The van der Waals surface area contributed by atoms with Gasteiger partial charge in [-0.1, -0.05) is 0 Å². The van der Waals surface area contributed by atoms with Gasteiger partial charge in [0, 0.05) is 12.6 Å². The van der Waals surface area contributed by atoms with Crippen LogP contribution in [0.25, 0.3) is 0 Å². The molecule has 2 rings (SSSR count). The van der Waals surface area contributed by atoms with E-state index in [1.54, 1.807) is 6.07 Å². The fraction of sp³-hybridized carbons (Fsp3) is 0.545. The topological polar surface area (TPSA) is 42.7 Å². The largest absolute Gasteiger partial charge is 0.457 e. The van der Waals surface area contributed by atoms with Crippen molar-refractivity contribution in [1.29, 1.82) is 0 Å². The molecule has 88 valence electrons. The molecule has 1 aromatic rings. The van der Waals surface area contributed by atoms with Crippen molar-refractivity contribution in [2.75, 3.05) is 13.2 Å². The third kappa shape index (κ3) is 2.30. The molecule has 1 fully saturated rings. The van der Waals surface area contributed by atoms with Crippen molar-refractivity contribution in [3.05, 3.63) is 22.6 Å². The molecule has 0 unspecified atom stereocenters.